The van der Waals surface area contributed by atoms with Gasteiger partial charge in [-0.25, -0.2) is 15.0 Å². The lowest BCUT2D eigenvalue weighted by Gasteiger charge is -2.28. The summed E-state index contributed by atoms with van der Waals surface area (Å²) in [5, 5.41) is 11.0. The van der Waals surface area contributed by atoms with Gasteiger partial charge in [0.05, 0.1) is 5.69 Å². The average Bonchev–Trinajstić information content (AvgIpc) is 2.62. The number of hydrogen-bond acceptors (Lipinski definition) is 5. The maximum absolute atomic E-state index is 10.0. The number of nitrogens with zero attached hydrogens (tertiary/aromatic N) is 4. The summed E-state index contributed by atoms with van der Waals surface area (Å²) in [6.45, 7) is 6.81. The van der Waals surface area contributed by atoms with Crippen LogP contribution in [0.4, 0.5) is 0 Å². The van der Waals surface area contributed by atoms with Crippen molar-refractivity contribution in [2.45, 2.75) is 39.3 Å². The smallest absolute Gasteiger partial charge is 0.141 e. The van der Waals surface area contributed by atoms with Crippen molar-refractivity contribution in [3.05, 3.63) is 59.3 Å². The van der Waals surface area contributed by atoms with Crippen LogP contribution < -0.4 is 0 Å². The summed E-state index contributed by atoms with van der Waals surface area (Å²) >= 11 is 0. The van der Waals surface area contributed by atoms with Crippen LogP contribution >= 0.6 is 0 Å². The lowest BCUT2D eigenvalue weighted by atomic mass is 10.1. The maximum atomic E-state index is 10.0. The van der Waals surface area contributed by atoms with Crippen molar-refractivity contribution >= 4 is 10.9 Å². The van der Waals surface area contributed by atoms with Crippen molar-refractivity contribution in [3.8, 4) is 5.75 Å². The van der Waals surface area contributed by atoms with E-state index in [0.717, 1.165) is 43.0 Å². The van der Waals surface area contributed by atoms with Gasteiger partial charge in [-0.3, -0.25) is 4.90 Å². The van der Waals surface area contributed by atoms with Gasteiger partial charge in [-0.05, 0) is 12.1 Å². The van der Waals surface area contributed by atoms with E-state index < -0.39 is 0 Å². The molecule has 128 valence electrons. The Balaban J connectivity index is 1.54. The zero-order valence-electron chi connectivity index (χ0n) is 14.6. The number of benzene rings is 1. The third kappa shape index (κ3) is 3.20. The van der Waals surface area contributed by atoms with Crippen LogP contribution in [-0.4, -0.2) is 31.5 Å². The molecule has 0 saturated heterocycles. The van der Waals surface area contributed by atoms with Crippen LogP contribution in [0.1, 0.15) is 42.5 Å². The van der Waals surface area contributed by atoms with E-state index in [0.29, 0.717) is 11.4 Å². The number of phenols is 1. The first-order valence-corrected chi connectivity index (χ1v) is 8.75. The van der Waals surface area contributed by atoms with Gasteiger partial charge in [0.15, 0.2) is 0 Å². The molecule has 4 rings (SSSR count). The predicted octanol–water partition coefficient (Wildman–Crippen LogP) is 3.41. The van der Waals surface area contributed by atoms with Gasteiger partial charge in [0.2, 0.25) is 0 Å². The molecule has 0 bridgehead atoms. The molecule has 0 unspecified atom stereocenters. The van der Waals surface area contributed by atoms with Gasteiger partial charge in [-0.2, -0.15) is 0 Å². The van der Waals surface area contributed by atoms with Crippen molar-refractivity contribution < 1.29 is 5.11 Å². The highest BCUT2D eigenvalue weighted by atomic mass is 16.3. The first-order chi connectivity index (χ1) is 12.1. The third-order valence-electron chi connectivity index (χ3n) is 4.69. The minimum Gasteiger partial charge on any atom is -0.506 e. The molecule has 3 heterocycles. The van der Waals surface area contributed by atoms with Crippen molar-refractivity contribution in [1.82, 2.24) is 19.9 Å². The fourth-order valence-corrected chi connectivity index (χ4v) is 3.29. The summed E-state index contributed by atoms with van der Waals surface area (Å²) in [5.74, 6) is 1.52. The molecule has 5 heteroatoms. The fraction of sp³-hybridized carbons (Fsp3) is 0.350. The number of pyridine rings is 1. The molecule has 0 spiro atoms. The summed E-state index contributed by atoms with van der Waals surface area (Å²) in [4.78, 5) is 16.2. The van der Waals surface area contributed by atoms with Crippen molar-refractivity contribution in [2.75, 3.05) is 6.54 Å². The van der Waals surface area contributed by atoms with Crippen LogP contribution in [-0.2, 0) is 19.5 Å². The molecule has 1 aromatic carbocycles. The van der Waals surface area contributed by atoms with E-state index in [1.54, 1.807) is 6.07 Å². The SMILES string of the molecule is CC(C)c1ncc2c(n1)CCN(Cc1ccc3cccc(O)c3n1)C2. The molecule has 0 radical (unpaired) electrons. The molecule has 0 saturated carbocycles. The molecule has 25 heavy (non-hydrogen) atoms. The molecule has 3 aromatic rings. The Bertz CT molecular complexity index is 923. The molecule has 0 fully saturated rings. The van der Waals surface area contributed by atoms with E-state index in [4.69, 9.17) is 4.98 Å². The Morgan fingerprint density at radius 3 is 2.88 bits per heavy atom. The zero-order valence-corrected chi connectivity index (χ0v) is 14.6. The molecule has 2 aromatic heterocycles. The molecule has 1 N–H and O–H groups in total. The van der Waals surface area contributed by atoms with Gasteiger partial charge in [0.25, 0.3) is 0 Å². The van der Waals surface area contributed by atoms with E-state index in [9.17, 15) is 5.11 Å². The number of para-hydroxylation sites is 1. The van der Waals surface area contributed by atoms with Crippen LogP contribution in [0.15, 0.2) is 36.5 Å². The summed E-state index contributed by atoms with van der Waals surface area (Å²) in [5.41, 5.74) is 4.03. The lowest BCUT2D eigenvalue weighted by Crippen LogP contribution is -2.31. The second-order valence-corrected chi connectivity index (χ2v) is 6.97. The summed E-state index contributed by atoms with van der Waals surface area (Å²) in [6.07, 6.45) is 2.92. The lowest BCUT2D eigenvalue weighted by molar-refractivity contribution is 0.240. The van der Waals surface area contributed by atoms with Crippen LogP contribution in [0.25, 0.3) is 10.9 Å². The topological polar surface area (TPSA) is 62.1 Å². The van der Waals surface area contributed by atoms with Crippen molar-refractivity contribution in [1.29, 1.82) is 0 Å². The molecule has 0 amide bonds. The first kappa shape index (κ1) is 16.0. The molecule has 1 aliphatic rings. The Morgan fingerprint density at radius 2 is 2.04 bits per heavy atom. The summed E-state index contributed by atoms with van der Waals surface area (Å²) < 4.78 is 0. The highest BCUT2D eigenvalue weighted by molar-refractivity contribution is 5.84. The van der Waals surface area contributed by atoms with E-state index in [1.165, 1.54) is 11.3 Å². The van der Waals surface area contributed by atoms with Gasteiger partial charge in [-0.1, -0.05) is 32.0 Å². The van der Waals surface area contributed by atoms with Crippen LogP contribution in [0, 0.1) is 0 Å². The van der Waals surface area contributed by atoms with Crippen molar-refractivity contribution in [2.24, 2.45) is 0 Å². The van der Waals surface area contributed by atoms with Gasteiger partial charge in [0, 0.05) is 54.8 Å². The first-order valence-electron chi connectivity index (χ1n) is 8.75. The monoisotopic (exact) mass is 334 g/mol. The van der Waals surface area contributed by atoms with Crippen LogP contribution in [0.2, 0.25) is 0 Å². The minimum absolute atomic E-state index is 0.234. The number of phenolic OH excluding ortho intramolecular Hbond substituents is 1. The molecular weight excluding hydrogens is 312 g/mol. The maximum Gasteiger partial charge on any atom is 0.141 e. The predicted molar refractivity (Wildman–Crippen MR) is 97.3 cm³/mol. The highest BCUT2D eigenvalue weighted by Crippen LogP contribution is 2.24. The number of hydrogen-bond donors (Lipinski definition) is 1. The number of aromatic nitrogens is 3. The van der Waals surface area contributed by atoms with Crippen LogP contribution in [0.5, 0.6) is 5.75 Å². The minimum atomic E-state index is 0.234. The van der Waals surface area contributed by atoms with Crippen molar-refractivity contribution in [3.63, 3.8) is 0 Å². The van der Waals surface area contributed by atoms with E-state index in [1.807, 2.05) is 30.5 Å². The second-order valence-electron chi connectivity index (χ2n) is 6.97. The third-order valence-corrected chi connectivity index (χ3v) is 4.69. The summed E-state index contributed by atoms with van der Waals surface area (Å²) in [7, 11) is 0. The van der Waals surface area contributed by atoms with E-state index in [2.05, 4.69) is 28.7 Å². The number of aromatic hydroxyl groups is 1. The zero-order chi connectivity index (χ0) is 17.4. The van der Waals surface area contributed by atoms with Gasteiger partial charge in [0.1, 0.15) is 17.1 Å². The Morgan fingerprint density at radius 1 is 1.16 bits per heavy atom. The Kier molecular flexibility index (Phi) is 4.09. The number of rotatable bonds is 3. The quantitative estimate of drug-likeness (QED) is 0.795. The summed E-state index contributed by atoms with van der Waals surface area (Å²) in [6, 6.07) is 9.54. The normalized spacial score (nSPS) is 14.8. The molecule has 5 nitrogen and oxygen atoms in total. The van der Waals surface area contributed by atoms with E-state index in [-0.39, 0.29) is 5.75 Å². The Hall–Kier alpha value is -2.53. The second kappa shape index (κ2) is 6.41. The Labute approximate surface area is 147 Å². The van der Waals surface area contributed by atoms with Crippen LogP contribution in [0.3, 0.4) is 0 Å². The standard InChI is InChI=1S/C20H22N4O/c1-13(2)20-21-10-15-11-24(9-8-17(15)23-20)12-16-7-6-14-4-3-5-18(25)19(14)22-16/h3-7,10,13,25H,8-9,11-12H2,1-2H3. The molecule has 1 aliphatic heterocycles. The highest BCUT2D eigenvalue weighted by Gasteiger charge is 2.19. The average molecular weight is 334 g/mol. The molecular formula is C20H22N4O. The number of fused-ring (bicyclic) bond motifs is 2. The molecule has 0 atom stereocenters. The van der Waals surface area contributed by atoms with Gasteiger partial charge in [-0.15, -0.1) is 0 Å². The molecule has 0 aliphatic carbocycles. The fourth-order valence-electron chi connectivity index (χ4n) is 3.29. The van der Waals surface area contributed by atoms with Gasteiger partial charge < -0.3 is 5.11 Å². The largest absolute Gasteiger partial charge is 0.506 e. The van der Waals surface area contributed by atoms with E-state index >= 15 is 0 Å². The van der Waals surface area contributed by atoms with Gasteiger partial charge >= 0.3 is 0 Å².